The normalized spacial score (nSPS) is 10.7. The van der Waals surface area contributed by atoms with Gasteiger partial charge < -0.3 is 0 Å². The average Bonchev–Trinajstić information content (AvgIpc) is 2.49. The molecule has 2 rings (SSSR count). The number of imidazole rings is 1. The number of aromatic nitrogens is 2. The minimum absolute atomic E-state index is 0.119. The molecule has 2 aromatic heterocycles. The van der Waals surface area contributed by atoms with E-state index in [1.165, 1.54) is 0 Å². The first-order valence-corrected chi connectivity index (χ1v) is 5.08. The van der Waals surface area contributed by atoms with Gasteiger partial charge in [-0.3, -0.25) is 9.20 Å². The fraction of sp³-hybridized carbons (Fsp3) is 0.200. The lowest BCUT2D eigenvalue weighted by atomic mass is 10.3. The molecule has 0 aromatic carbocycles. The van der Waals surface area contributed by atoms with E-state index in [4.69, 9.17) is 0 Å². The van der Waals surface area contributed by atoms with E-state index in [1.807, 2.05) is 22.6 Å². The van der Waals surface area contributed by atoms with Gasteiger partial charge in [0.2, 0.25) is 0 Å². The third-order valence-electron chi connectivity index (χ3n) is 1.98. The highest BCUT2D eigenvalue weighted by Crippen LogP contribution is 2.16. The predicted octanol–water partition coefficient (Wildman–Crippen LogP) is 2.23. The van der Waals surface area contributed by atoms with Crippen LogP contribution in [-0.4, -0.2) is 15.2 Å². The molecule has 4 heteroatoms. The molecule has 2 aromatic rings. The van der Waals surface area contributed by atoms with Crippen molar-refractivity contribution in [3.8, 4) is 0 Å². The van der Waals surface area contributed by atoms with Crippen LogP contribution < -0.4 is 0 Å². The van der Waals surface area contributed by atoms with Gasteiger partial charge in [-0.1, -0.05) is 6.07 Å². The predicted molar refractivity (Wildman–Crippen MR) is 57.3 cm³/mol. The van der Waals surface area contributed by atoms with Gasteiger partial charge in [0, 0.05) is 0 Å². The van der Waals surface area contributed by atoms with Crippen molar-refractivity contribution in [3.63, 3.8) is 0 Å². The Bertz CT molecular complexity index is 490. The zero-order valence-corrected chi connectivity index (χ0v) is 9.28. The van der Waals surface area contributed by atoms with Crippen LogP contribution in [-0.2, 0) is 11.2 Å². The highest BCUT2D eigenvalue weighted by atomic mass is 79.9. The SMILES string of the molecule is CC(=O)Cc1ncc2cccc(Br)n12. The summed E-state index contributed by atoms with van der Waals surface area (Å²) < 4.78 is 2.85. The monoisotopic (exact) mass is 252 g/mol. The van der Waals surface area contributed by atoms with Gasteiger partial charge in [0.05, 0.1) is 22.7 Å². The van der Waals surface area contributed by atoms with Crippen LogP contribution in [0.3, 0.4) is 0 Å². The maximum atomic E-state index is 11.0. The Kier molecular flexibility index (Phi) is 2.37. The highest BCUT2D eigenvalue weighted by molar-refractivity contribution is 9.10. The molecule has 0 radical (unpaired) electrons. The zero-order valence-electron chi connectivity index (χ0n) is 7.70. The molecule has 0 amide bonds. The lowest BCUT2D eigenvalue weighted by Gasteiger charge is -2.01. The molecule has 0 aliphatic heterocycles. The molecular formula is C10H9BrN2O. The highest BCUT2D eigenvalue weighted by Gasteiger charge is 2.07. The number of pyridine rings is 1. The molecule has 0 spiro atoms. The first kappa shape index (κ1) is 9.40. The maximum absolute atomic E-state index is 11.0. The van der Waals surface area contributed by atoms with E-state index in [0.29, 0.717) is 6.42 Å². The van der Waals surface area contributed by atoms with Crippen molar-refractivity contribution in [1.82, 2.24) is 9.38 Å². The van der Waals surface area contributed by atoms with Crippen LogP contribution in [0.4, 0.5) is 0 Å². The molecule has 2 heterocycles. The quantitative estimate of drug-likeness (QED) is 0.769. The third-order valence-corrected chi connectivity index (χ3v) is 2.60. The summed E-state index contributed by atoms with van der Waals surface area (Å²) in [6.07, 6.45) is 2.14. The van der Waals surface area contributed by atoms with Crippen molar-refractivity contribution in [1.29, 1.82) is 0 Å². The van der Waals surface area contributed by atoms with Crippen LogP contribution in [0.5, 0.6) is 0 Å². The van der Waals surface area contributed by atoms with E-state index in [1.54, 1.807) is 13.1 Å². The summed E-state index contributed by atoms with van der Waals surface area (Å²) in [5.74, 6) is 0.897. The number of hydrogen-bond acceptors (Lipinski definition) is 2. The van der Waals surface area contributed by atoms with E-state index >= 15 is 0 Å². The Morgan fingerprint density at radius 1 is 1.57 bits per heavy atom. The summed E-state index contributed by atoms with van der Waals surface area (Å²) in [5, 5.41) is 0. The summed E-state index contributed by atoms with van der Waals surface area (Å²) in [6.45, 7) is 1.57. The summed E-state index contributed by atoms with van der Waals surface area (Å²) >= 11 is 3.43. The smallest absolute Gasteiger partial charge is 0.137 e. The number of nitrogens with zero attached hydrogens (tertiary/aromatic N) is 2. The third kappa shape index (κ3) is 1.57. The van der Waals surface area contributed by atoms with Crippen LogP contribution in [0, 0.1) is 0 Å². The number of halogens is 1. The maximum Gasteiger partial charge on any atom is 0.137 e. The van der Waals surface area contributed by atoms with Gasteiger partial charge in [0.1, 0.15) is 11.6 Å². The molecule has 0 saturated heterocycles. The van der Waals surface area contributed by atoms with E-state index < -0.39 is 0 Å². The Labute approximate surface area is 89.9 Å². The van der Waals surface area contributed by atoms with Crippen molar-refractivity contribution in [2.75, 3.05) is 0 Å². The van der Waals surface area contributed by atoms with Gasteiger partial charge in [-0.2, -0.15) is 0 Å². The van der Waals surface area contributed by atoms with E-state index in [9.17, 15) is 4.79 Å². The summed E-state index contributed by atoms with van der Waals surface area (Å²) in [7, 11) is 0. The first-order valence-electron chi connectivity index (χ1n) is 4.29. The molecule has 0 saturated carbocycles. The molecule has 14 heavy (non-hydrogen) atoms. The van der Waals surface area contributed by atoms with Crippen molar-refractivity contribution in [2.24, 2.45) is 0 Å². The minimum Gasteiger partial charge on any atom is -0.300 e. The van der Waals surface area contributed by atoms with Gasteiger partial charge in [-0.15, -0.1) is 0 Å². The van der Waals surface area contributed by atoms with Crippen molar-refractivity contribution >= 4 is 27.2 Å². The second-order valence-corrected chi connectivity index (χ2v) is 3.97. The van der Waals surface area contributed by atoms with Gasteiger partial charge in [0.15, 0.2) is 0 Å². The van der Waals surface area contributed by atoms with E-state index in [0.717, 1.165) is 15.9 Å². The summed E-state index contributed by atoms with van der Waals surface area (Å²) in [6, 6.07) is 5.83. The van der Waals surface area contributed by atoms with Gasteiger partial charge >= 0.3 is 0 Å². The second kappa shape index (κ2) is 3.53. The van der Waals surface area contributed by atoms with Gasteiger partial charge in [-0.05, 0) is 35.0 Å². The second-order valence-electron chi connectivity index (χ2n) is 3.16. The van der Waals surface area contributed by atoms with Gasteiger partial charge in [0.25, 0.3) is 0 Å². The molecule has 0 bridgehead atoms. The minimum atomic E-state index is 0.119. The molecular weight excluding hydrogens is 244 g/mol. The van der Waals surface area contributed by atoms with Crippen LogP contribution in [0.1, 0.15) is 12.7 Å². The van der Waals surface area contributed by atoms with E-state index in [2.05, 4.69) is 20.9 Å². The molecule has 0 N–H and O–H groups in total. The summed E-state index contributed by atoms with van der Waals surface area (Å²) in [4.78, 5) is 15.2. The Morgan fingerprint density at radius 3 is 3.07 bits per heavy atom. The molecule has 0 aliphatic carbocycles. The van der Waals surface area contributed by atoms with Gasteiger partial charge in [-0.25, -0.2) is 4.98 Å². The summed E-state index contributed by atoms with van der Waals surface area (Å²) in [5.41, 5.74) is 0.996. The van der Waals surface area contributed by atoms with Crippen LogP contribution >= 0.6 is 15.9 Å². The topological polar surface area (TPSA) is 34.4 Å². The first-order chi connectivity index (χ1) is 6.68. The van der Waals surface area contributed by atoms with Crippen LogP contribution in [0.25, 0.3) is 5.52 Å². The standard InChI is InChI=1S/C10H9BrN2O/c1-7(14)5-10-12-6-8-3-2-4-9(11)13(8)10/h2-4,6H,5H2,1H3. The van der Waals surface area contributed by atoms with Crippen molar-refractivity contribution < 1.29 is 4.79 Å². The number of fused-ring (bicyclic) bond motifs is 1. The molecule has 3 nitrogen and oxygen atoms in total. The number of carbonyl (C=O) groups is 1. The van der Waals surface area contributed by atoms with Crippen molar-refractivity contribution in [2.45, 2.75) is 13.3 Å². The number of carbonyl (C=O) groups excluding carboxylic acids is 1. The number of rotatable bonds is 2. The number of hydrogen-bond donors (Lipinski definition) is 0. The molecule has 0 aliphatic rings. The molecule has 72 valence electrons. The molecule has 0 fully saturated rings. The Hall–Kier alpha value is -1.16. The molecule has 0 atom stereocenters. The lowest BCUT2D eigenvalue weighted by molar-refractivity contribution is -0.116. The van der Waals surface area contributed by atoms with Crippen molar-refractivity contribution in [3.05, 3.63) is 34.8 Å². The average molecular weight is 253 g/mol. The zero-order chi connectivity index (χ0) is 10.1. The van der Waals surface area contributed by atoms with Crippen LogP contribution in [0.2, 0.25) is 0 Å². The Balaban J connectivity index is 2.61. The number of Topliss-reactive ketones (excluding diaryl/α,β-unsaturated/α-hetero) is 1. The fourth-order valence-corrected chi connectivity index (χ4v) is 1.98. The van der Waals surface area contributed by atoms with E-state index in [-0.39, 0.29) is 5.78 Å². The van der Waals surface area contributed by atoms with Crippen LogP contribution in [0.15, 0.2) is 29.0 Å². The lowest BCUT2D eigenvalue weighted by Crippen LogP contribution is -2.02. The molecule has 0 unspecified atom stereocenters. The number of ketones is 1. The Morgan fingerprint density at radius 2 is 2.36 bits per heavy atom. The fourth-order valence-electron chi connectivity index (χ4n) is 1.42. The largest absolute Gasteiger partial charge is 0.300 e.